The predicted octanol–water partition coefficient (Wildman–Crippen LogP) is 1.72. The molecule has 5 heteroatoms. The van der Waals surface area contributed by atoms with Crippen molar-refractivity contribution in [3.05, 3.63) is 0 Å². The van der Waals surface area contributed by atoms with Gasteiger partial charge in [-0.2, -0.15) is 0 Å². The predicted molar refractivity (Wildman–Crippen MR) is 50.7 cm³/mol. The van der Waals surface area contributed by atoms with Crippen LogP contribution in [0.1, 0.15) is 26.2 Å². The molecule has 0 aromatic rings. The quantitative estimate of drug-likeness (QED) is 0.587. The third-order valence-electron chi connectivity index (χ3n) is 2.06. The number of hydrogen-bond acceptors (Lipinski definition) is 2. The topological polar surface area (TPSA) is 37.4 Å². The highest BCUT2D eigenvalue weighted by atomic mass is 35.5. The van der Waals surface area contributed by atoms with Gasteiger partial charge in [0.15, 0.2) is 4.33 Å². The van der Waals surface area contributed by atoms with Gasteiger partial charge < -0.3 is 0 Å². The SMILES string of the molecule is CC(=O)N1CCCCC(Cl)(Cl)C1=O. The van der Waals surface area contributed by atoms with Gasteiger partial charge in [0.2, 0.25) is 5.91 Å². The summed E-state index contributed by atoms with van der Waals surface area (Å²) in [5.74, 6) is -0.779. The highest BCUT2D eigenvalue weighted by molar-refractivity contribution is 6.58. The Labute approximate surface area is 87.0 Å². The zero-order valence-electron chi connectivity index (χ0n) is 7.35. The summed E-state index contributed by atoms with van der Waals surface area (Å²) in [7, 11) is 0. The number of rotatable bonds is 0. The molecule has 74 valence electrons. The van der Waals surface area contributed by atoms with Gasteiger partial charge in [-0.3, -0.25) is 14.5 Å². The molecule has 0 radical (unpaired) electrons. The normalized spacial score (nSPS) is 22.7. The van der Waals surface area contributed by atoms with Crippen LogP contribution in [0.5, 0.6) is 0 Å². The molecule has 1 saturated heterocycles. The number of halogens is 2. The second kappa shape index (κ2) is 3.84. The zero-order valence-corrected chi connectivity index (χ0v) is 8.86. The lowest BCUT2D eigenvalue weighted by molar-refractivity contribution is -0.143. The van der Waals surface area contributed by atoms with Crippen LogP contribution in [0.2, 0.25) is 0 Å². The molecule has 1 aliphatic heterocycles. The number of amides is 2. The smallest absolute Gasteiger partial charge is 0.265 e. The van der Waals surface area contributed by atoms with E-state index in [0.29, 0.717) is 13.0 Å². The summed E-state index contributed by atoms with van der Waals surface area (Å²) in [5, 5.41) is 0. The summed E-state index contributed by atoms with van der Waals surface area (Å²) in [6.07, 6.45) is 1.95. The molecule has 0 aliphatic carbocycles. The van der Waals surface area contributed by atoms with E-state index in [2.05, 4.69) is 0 Å². The number of imide groups is 1. The Morgan fingerprint density at radius 3 is 2.62 bits per heavy atom. The average molecular weight is 224 g/mol. The molecule has 0 aromatic carbocycles. The van der Waals surface area contributed by atoms with Gasteiger partial charge in [-0.1, -0.05) is 23.2 Å². The number of nitrogens with zero attached hydrogens (tertiary/aromatic N) is 1. The van der Waals surface area contributed by atoms with E-state index in [-0.39, 0.29) is 5.91 Å². The van der Waals surface area contributed by atoms with E-state index >= 15 is 0 Å². The second-order valence-corrected chi connectivity index (χ2v) is 4.62. The lowest BCUT2D eigenvalue weighted by Crippen LogP contribution is -2.43. The molecule has 13 heavy (non-hydrogen) atoms. The van der Waals surface area contributed by atoms with Crippen molar-refractivity contribution < 1.29 is 9.59 Å². The van der Waals surface area contributed by atoms with Crippen molar-refractivity contribution in [3.8, 4) is 0 Å². The van der Waals surface area contributed by atoms with Gasteiger partial charge >= 0.3 is 0 Å². The number of hydrogen-bond donors (Lipinski definition) is 0. The van der Waals surface area contributed by atoms with Crippen molar-refractivity contribution in [3.63, 3.8) is 0 Å². The minimum Gasteiger partial charge on any atom is -0.280 e. The molecule has 2 amide bonds. The largest absolute Gasteiger partial charge is 0.280 e. The lowest BCUT2D eigenvalue weighted by atomic mass is 10.2. The van der Waals surface area contributed by atoms with Crippen molar-refractivity contribution >= 4 is 35.0 Å². The van der Waals surface area contributed by atoms with Crippen LogP contribution in [-0.4, -0.2) is 27.6 Å². The van der Waals surface area contributed by atoms with Crippen LogP contribution in [0.15, 0.2) is 0 Å². The first-order valence-electron chi connectivity index (χ1n) is 4.15. The molecule has 1 fully saturated rings. The molecule has 0 aromatic heterocycles. The van der Waals surface area contributed by atoms with Crippen LogP contribution >= 0.6 is 23.2 Å². The molecule has 3 nitrogen and oxygen atoms in total. The van der Waals surface area contributed by atoms with Crippen LogP contribution in [0.4, 0.5) is 0 Å². The Balaban J connectivity index is 2.86. The van der Waals surface area contributed by atoms with E-state index in [0.717, 1.165) is 17.7 Å². The third kappa shape index (κ3) is 2.35. The van der Waals surface area contributed by atoms with Gasteiger partial charge in [-0.15, -0.1) is 0 Å². The first-order valence-corrected chi connectivity index (χ1v) is 4.91. The maximum Gasteiger partial charge on any atom is 0.265 e. The highest BCUT2D eigenvalue weighted by Gasteiger charge is 2.40. The Bertz CT molecular complexity index is 240. The standard InChI is InChI=1S/C8H11Cl2NO2/c1-6(12)11-5-3-2-4-8(9,10)7(11)13/h2-5H2,1H3. The Morgan fingerprint density at radius 2 is 2.08 bits per heavy atom. The van der Waals surface area contributed by atoms with Gasteiger partial charge in [-0.25, -0.2) is 0 Å². The Hall–Kier alpha value is -0.280. The van der Waals surface area contributed by atoms with E-state index in [1.165, 1.54) is 6.92 Å². The van der Waals surface area contributed by atoms with Gasteiger partial charge in [0, 0.05) is 13.5 Å². The zero-order chi connectivity index (χ0) is 10.1. The summed E-state index contributed by atoms with van der Waals surface area (Å²) in [5.41, 5.74) is 0. The molecule has 0 N–H and O–H groups in total. The summed E-state index contributed by atoms with van der Waals surface area (Å²) < 4.78 is -1.41. The fraction of sp³-hybridized carbons (Fsp3) is 0.750. The molecular weight excluding hydrogens is 213 g/mol. The summed E-state index contributed by atoms with van der Waals surface area (Å²) >= 11 is 11.6. The van der Waals surface area contributed by atoms with Gasteiger partial charge in [0.1, 0.15) is 0 Å². The summed E-state index contributed by atoms with van der Waals surface area (Å²) in [6, 6.07) is 0. The molecule has 0 saturated carbocycles. The van der Waals surface area contributed by atoms with Crippen molar-refractivity contribution in [2.45, 2.75) is 30.5 Å². The van der Waals surface area contributed by atoms with Crippen LogP contribution in [0.25, 0.3) is 0 Å². The number of likely N-dealkylation sites (tertiary alicyclic amines) is 1. The molecule has 0 spiro atoms. The van der Waals surface area contributed by atoms with Crippen LogP contribution in [0, 0.1) is 0 Å². The van der Waals surface area contributed by atoms with Gasteiger partial charge in [0.25, 0.3) is 5.91 Å². The molecule has 0 atom stereocenters. The molecular formula is C8H11Cl2NO2. The van der Waals surface area contributed by atoms with E-state index in [4.69, 9.17) is 23.2 Å². The summed E-state index contributed by atoms with van der Waals surface area (Å²) in [6.45, 7) is 1.77. The number of carbonyl (C=O) groups excluding carboxylic acids is 2. The molecule has 1 rings (SSSR count). The number of carbonyl (C=O) groups is 2. The van der Waals surface area contributed by atoms with E-state index in [9.17, 15) is 9.59 Å². The van der Waals surface area contributed by atoms with Crippen molar-refractivity contribution in [2.24, 2.45) is 0 Å². The number of alkyl halides is 2. The average Bonchev–Trinajstić information content (AvgIpc) is 2.13. The van der Waals surface area contributed by atoms with Crippen molar-refractivity contribution in [1.82, 2.24) is 4.90 Å². The first kappa shape index (κ1) is 10.8. The monoisotopic (exact) mass is 223 g/mol. The maximum atomic E-state index is 11.5. The molecule has 1 aliphatic rings. The van der Waals surface area contributed by atoms with Crippen molar-refractivity contribution in [2.75, 3.05) is 6.54 Å². The molecule has 1 heterocycles. The highest BCUT2D eigenvalue weighted by Crippen LogP contribution is 2.32. The third-order valence-corrected chi connectivity index (χ3v) is 2.76. The Morgan fingerprint density at radius 1 is 1.46 bits per heavy atom. The summed E-state index contributed by atoms with van der Waals surface area (Å²) in [4.78, 5) is 23.7. The van der Waals surface area contributed by atoms with Gasteiger partial charge in [0.05, 0.1) is 0 Å². The molecule has 0 unspecified atom stereocenters. The van der Waals surface area contributed by atoms with E-state index < -0.39 is 10.2 Å². The molecule has 0 bridgehead atoms. The Kier molecular flexibility index (Phi) is 3.19. The van der Waals surface area contributed by atoms with Gasteiger partial charge in [-0.05, 0) is 19.3 Å². The lowest BCUT2D eigenvalue weighted by Gasteiger charge is -2.22. The first-order chi connectivity index (χ1) is 5.95. The minimum absolute atomic E-state index is 0.294. The van der Waals surface area contributed by atoms with Crippen LogP contribution in [-0.2, 0) is 9.59 Å². The van der Waals surface area contributed by atoms with E-state index in [1.54, 1.807) is 0 Å². The van der Waals surface area contributed by atoms with E-state index in [1.807, 2.05) is 0 Å². The minimum atomic E-state index is -1.41. The van der Waals surface area contributed by atoms with Crippen molar-refractivity contribution in [1.29, 1.82) is 0 Å². The van der Waals surface area contributed by atoms with Crippen LogP contribution in [0.3, 0.4) is 0 Å². The fourth-order valence-electron chi connectivity index (χ4n) is 1.32. The fourth-order valence-corrected chi connectivity index (χ4v) is 1.79. The second-order valence-electron chi connectivity index (χ2n) is 3.14. The maximum absolute atomic E-state index is 11.5. The van der Waals surface area contributed by atoms with Crippen LogP contribution < -0.4 is 0 Å².